The van der Waals surface area contributed by atoms with Crippen molar-refractivity contribution in [1.82, 2.24) is 0 Å². The summed E-state index contributed by atoms with van der Waals surface area (Å²) in [6, 6.07) is 0. The molecule has 4 heteroatoms. The number of aliphatic hydroxyl groups is 1. The first-order chi connectivity index (χ1) is 6.55. The number of nitro groups is 1. The van der Waals surface area contributed by atoms with Gasteiger partial charge in [-0.25, -0.2) is 0 Å². The lowest BCUT2D eigenvalue weighted by atomic mass is 9.63. The van der Waals surface area contributed by atoms with E-state index in [0.717, 1.165) is 12.8 Å². The normalized spacial score (nSPS) is 40.0. The highest BCUT2D eigenvalue weighted by molar-refractivity contribution is 5.24. The average Bonchev–Trinajstić information content (AvgIpc) is 2.42. The first-order valence-corrected chi connectivity index (χ1v) is 5.09. The topological polar surface area (TPSA) is 63.4 Å². The van der Waals surface area contributed by atoms with Gasteiger partial charge >= 0.3 is 0 Å². The van der Waals surface area contributed by atoms with Gasteiger partial charge < -0.3 is 5.11 Å². The van der Waals surface area contributed by atoms with Gasteiger partial charge in [0.05, 0.1) is 0 Å². The van der Waals surface area contributed by atoms with E-state index in [1.54, 1.807) is 0 Å². The minimum atomic E-state index is -1.05. The maximum atomic E-state index is 10.4. The van der Waals surface area contributed by atoms with Crippen LogP contribution in [0.4, 0.5) is 0 Å². The minimum absolute atomic E-state index is 0.0443. The van der Waals surface area contributed by atoms with Crippen molar-refractivity contribution in [2.45, 2.75) is 31.8 Å². The summed E-state index contributed by atoms with van der Waals surface area (Å²) in [4.78, 5) is 9.96. The van der Waals surface area contributed by atoms with E-state index in [9.17, 15) is 15.2 Å². The van der Waals surface area contributed by atoms with Crippen molar-refractivity contribution in [3.8, 4) is 0 Å². The van der Waals surface area contributed by atoms with Gasteiger partial charge in [-0.1, -0.05) is 18.6 Å². The second kappa shape index (κ2) is 3.05. The molecule has 1 unspecified atom stereocenters. The van der Waals surface area contributed by atoms with Crippen LogP contribution >= 0.6 is 0 Å². The van der Waals surface area contributed by atoms with Gasteiger partial charge in [0.1, 0.15) is 5.60 Å². The van der Waals surface area contributed by atoms with Crippen LogP contribution in [0.2, 0.25) is 0 Å². The number of hydrogen-bond acceptors (Lipinski definition) is 3. The van der Waals surface area contributed by atoms with Crippen LogP contribution in [0, 0.1) is 22.0 Å². The largest absolute Gasteiger partial charge is 0.382 e. The molecule has 0 aliphatic heterocycles. The molecule has 78 valence electrons. The van der Waals surface area contributed by atoms with E-state index in [2.05, 4.69) is 13.0 Å². The van der Waals surface area contributed by atoms with Gasteiger partial charge in [-0.2, -0.15) is 0 Å². The molecule has 0 heterocycles. The molecule has 2 rings (SSSR count). The molecule has 1 fully saturated rings. The summed E-state index contributed by atoms with van der Waals surface area (Å²) in [5.74, 6) is 0.512. The molecule has 0 radical (unpaired) electrons. The maximum absolute atomic E-state index is 10.4. The smallest absolute Gasteiger partial charge is 0.232 e. The lowest BCUT2D eigenvalue weighted by Crippen LogP contribution is -2.55. The third-order valence-corrected chi connectivity index (χ3v) is 3.54. The van der Waals surface area contributed by atoms with Crippen LogP contribution in [0.1, 0.15) is 26.2 Å². The van der Waals surface area contributed by atoms with Gasteiger partial charge in [-0.05, 0) is 25.2 Å². The molecule has 0 aromatic rings. The Kier molecular flexibility index (Phi) is 2.10. The molecule has 14 heavy (non-hydrogen) atoms. The van der Waals surface area contributed by atoms with Crippen molar-refractivity contribution in [1.29, 1.82) is 0 Å². The molecule has 0 aromatic heterocycles. The summed E-state index contributed by atoms with van der Waals surface area (Å²) < 4.78 is 0. The first kappa shape index (κ1) is 9.65. The van der Waals surface area contributed by atoms with Gasteiger partial charge in [0.2, 0.25) is 6.54 Å². The minimum Gasteiger partial charge on any atom is -0.382 e. The van der Waals surface area contributed by atoms with Gasteiger partial charge in [0.15, 0.2) is 0 Å². The predicted molar refractivity (Wildman–Crippen MR) is 51.4 cm³/mol. The zero-order valence-corrected chi connectivity index (χ0v) is 8.27. The molecule has 1 saturated carbocycles. The van der Waals surface area contributed by atoms with Crippen molar-refractivity contribution in [3.63, 3.8) is 0 Å². The zero-order valence-electron chi connectivity index (χ0n) is 8.27. The van der Waals surface area contributed by atoms with Crippen molar-refractivity contribution in [3.05, 3.63) is 21.8 Å². The SMILES string of the molecule is CCC1=C[C@@H]2[C@H](C1)CC2(O)C[N+](=O)[O-]. The van der Waals surface area contributed by atoms with Gasteiger partial charge in [0, 0.05) is 10.8 Å². The summed E-state index contributed by atoms with van der Waals surface area (Å²) in [6.07, 6.45) is 4.68. The monoisotopic (exact) mass is 197 g/mol. The molecule has 3 atom stereocenters. The fourth-order valence-electron chi connectivity index (χ4n) is 2.80. The zero-order chi connectivity index (χ0) is 10.3. The highest BCUT2D eigenvalue weighted by Crippen LogP contribution is 2.52. The second-order valence-corrected chi connectivity index (χ2v) is 4.47. The number of rotatable bonds is 3. The highest BCUT2D eigenvalue weighted by Gasteiger charge is 2.56. The fourth-order valence-corrected chi connectivity index (χ4v) is 2.80. The van der Waals surface area contributed by atoms with E-state index in [4.69, 9.17) is 0 Å². The average molecular weight is 197 g/mol. The Balaban J connectivity index is 2.06. The summed E-state index contributed by atoms with van der Waals surface area (Å²) in [5, 5.41) is 20.3. The number of allylic oxidation sites excluding steroid dienone is 1. The van der Waals surface area contributed by atoms with Crippen LogP contribution in [-0.2, 0) is 0 Å². The van der Waals surface area contributed by atoms with Gasteiger partial charge in [-0.3, -0.25) is 10.1 Å². The third-order valence-electron chi connectivity index (χ3n) is 3.54. The lowest BCUT2D eigenvalue weighted by Gasteiger charge is -2.45. The molecule has 2 aliphatic carbocycles. The second-order valence-electron chi connectivity index (χ2n) is 4.47. The molecule has 0 amide bonds. The van der Waals surface area contributed by atoms with Crippen molar-refractivity contribution >= 4 is 0 Å². The summed E-state index contributed by atoms with van der Waals surface area (Å²) >= 11 is 0. The summed E-state index contributed by atoms with van der Waals surface area (Å²) in [7, 11) is 0. The van der Waals surface area contributed by atoms with E-state index in [1.165, 1.54) is 5.57 Å². The van der Waals surface area contributed by atoms with Crippen LogP contribution in [-0.4, -0.2) is 22.2 Å². The summed E-state index contributed by atoms with van der Waals surface area (Å²) in [6.45, 7) is 1.78. The van der Waals surface area contributed by atoms with Crippen LogP contribution in [0.25, 0.3) is 0 Å². The molecule has 4 nitrogen and oxygen atoms in total. The quantitative estimate of drug-likeness (QED) is 0.422. The van der Waals surface area contributed by atoms with Crippen LogP contribution in [0.3, 0.4) is 0 Å². The Morgan fingerprint density at radius 2 is 2.50 bits per heavy atom. The van der Waals surface area contributed by atoms with Crippen LogP contribution in [0.5, 0.6) is 0 Å². The Hall–Kier alpha value is -0.900. The predicted octanol–water partition coefficient (Wildman–Crippen LogP) is 1.37. The number of fused-ring (bicyclic) bond motifs is 1. The van der Waals surface area contributed by atoms with Crippen molar-refractivity contribution in [2.24, 2.45) is 11.8 Å². The van der Waals surface area contributed by atoms with E-state index in [1.807, 2.05) is 0 Å². The van der Waals surface area contributed by atoms with E-state index < -0.39 is 10.5 Å². The maximum Gasteiger partial charge on any atom is 0.232 e. The Labute approximate surface area is 82.8 Å². The Morgan fingerprint density at radius 1 is 1.79 bits per heavy atom. The number of nitrogens with zero attached hydrogens (tertiary/aromatic N) is 1. The van der Waals surface area contributed by atoms with Crippen molar-refractivity contribution in [2.75, 3.05) is 6.54 Å². The van der Waals surface area contributed by atoms with Gasteiger partial charge in [0.25, 0.3) is 0 Å². The lowest BCUT2D eigenvalue weighted by molar-refractivity contribution is -0.509. The molecule has 0 saturated heterocycles. The van der Waals surface area contributed by atoms with Crippen LogP contribution < -0.4 is 0 Å². The van der Waals surface area contributed by atoms with Crippen molar-refractivity contribution < 1.29 is 10.0 Å². The molecule has 0 aromatic carbocycles. The first-order valence-electron chi connectivity index (χ1n) is 5.09. The molecule has 0 bridgehead atoms. The van der Waals surface area contributed by atoms with Gasteiger partial charge in [-0.15, -0.1) is 0 Å². The molecular formula is C10H15NO3. The Bertz CT molecular complexity index is 300. The molecule has 2 aliphatic rings. The van der Waals surface area contributed by atoms with Crippen LogP contribution in [0.15, 0.2) is 11.6 Å². The highest BCUT2D eigenvalue weighted by atomic mass is 16.6. The van der Waals surface area contributed by atoms with E-state index in [-0.39, 0.29) is 12.5 Å². The molecule has 0 spiro atoms. The molecule has 1 N–H and O–H groups in total. The van der Waals surface area contributed by atoms with E-state index in [0.29, 0.717) is 12.3 Å². The fraction of sp³-hybridized carbons (Fsp3) is 0.800. The summed E-state index contributed by atoms with van der Waals surface area (Å²) in [5.41, 5.74) is 0.296. The Morgan fingerprint density at radius 3 is 3.07 bits per heavy atom. The standard InChI is InChI=1S/C10H15NO3/c1-2-7-3-8-5-10(12,6-11(13)14)9(8)4-7/h4,8-9,12H,2-3,5-6H2,1H3/t8-,9-,10?/m1/s1. The number of hydrogen-bond donors (Lipinski definition) is 1. The third kappa shape index (κ3) is 1.34. The van der Waals surface area contributed by atoms with E-state index >= 15 is 0 Å². The molecular weight excluding hydrogens is 182 g/mol.